The lowest BCUT2D eigenvalue weighted by Gasteiger charge is -2.09. The number of aromatic amines is 1. The third kappa shape index (κ3) is 2.70. The summed E-state index contributed by atoms with van der Waals surface area (Å²) in [5.41, 5.74) is 3.33. The number of hydrogen-bond donors (Lipinski definition) is 3. The van der Waals surface area contributed by atoms with E-state index in [0.29, 0.717) is 12.6 Å². The lowest BCUT2D eigenvalue weighted by atomic mass is 10.2. The summed E-state index contributed by atoms with van der Waals surface area (Å²) in [5.74, 6) is 1.78. The quantitative estimate of drug-likeness (QED) is 0.579. The highest BCUT2D eigenvalue weighted by Crippen LogP contribution is 2.18. The van der Waals surface area contributed by atoms with Crippen LogP contribution in [0.3, 0.4) is 0 Å². The van der Waals surface area contributed by atoms with Gasteiger partial charge in [-0.15, -0.1) is 0 Å². The number of aromatic nitrogens is 2. The van der Waals surface area contributed by atoms with Crippen molar-refractivity contribution in [1.29, 1.82) is 0 Å². The molecule has 0 atom stereocenters. The summed E-state index contributed by atoms with van der Waals surface area (Å²) in [6.45, 7) is 2.73. The number of nitrogens with zero attached hydrogens (tertiary/aromatic N) is 2. The Morgan fingerprint density at radius 2 is 2.32 bits per heavy atom. The Bertz CT molecular complexity index is 609. The van der Waals surface area contributed by atoms with Gasteiger partial charge in [0.15, 0.2) is 5.96 Å². The largest absolute Gasteiger partial charge is 0.354 e. The van der Waals surface area contributed by atoms with Crippen LogP contribution in [0.15, 0.2) is 23.2 Å². The molecule has 5 heteroatoms. The van der Waals surface area contributed by atoms with Gasteiger partial charge in [0, 0.05) is 13.1 Å². The normalized spacial score (nSPS) is 15.8. The third-order valence-corrected chi connectivity index (χ3v) is 3.33. The second-order valence-electron chi connectivity index (χ2n) is 5.00. The van der Waals surface area contributed by atoms with Gasteiger partial charge in [-0.3, -0.25) is 4.99 Å². The SMILES string of the molecule is CN=C(NCc1nc2c(C)cccc2[nH]1)NC1CC1. The third-order valence-electron chi connectivity index (χ3n) is 3.33. The van der Waals surface area contributed by atoms with Crippen LogP contribution < -0.4 is 10.6 Å². The number of H-pyrrole nitrogens is 1. The van der Waals surface area contributed by atoms with Crippen molar-refractivity contribution >= 4 is 17.0 Å². The van der Waals surface area contributed by atoms with Crippen molar-refractivity contribution in [3.8, 4) is 0 Å². The van der Waals surface area contributed by atoms with Gasteiger partial charge in [0.1, 0.15) is 5.82 Å². The molecule has 0 amide bonds. The number of para-hydroxylation sites is 1. The van der Waals surface area contributed by atoms with Crippen molar-refractivity contribution in [2.24, 2.45) is 4.99 Å². The number of guanidine groups is 1. The molecule has 0 unspecified atom stereocenters. The molecule has 100 valence electrons. The molecular weight excluding hydrogens is 238 g/mol. The molecule has 1 aromatic carbocycles. The average molecular weight is 257 g/mol. The molecule has 1 aliphatic rings. The minimum absolute atomic E-state index is 0.601. The Labute approximate surface area is 112 Å². The van der Waals surface area contributed by atoms with E-state index in [2.05, 4.69) is 44.7 Å². The first-order valence-electron chi connectivity index (χ1n) is 6.67. The fraction of sp³-hybridized carbons (Fsp3) is 0.429. The van der Waals surface area contributed by atoms with Gasteiger partial charge in [0.2, 0.25) is 0 Å². The topological polar surface area (TPSA) is 65.1 Å². The highest BCUT2D eigenvalue weighted by molar-refractivity contribution is 5.81. The summed E-state index contributed by atoms with van der Waals surface area (Å²) in [6, 6.07) is 6.77. The van der Waals surface area contributed by atoms with Crippen LogP contribution >= 0.6 is 0 Å². The first-order chi connectivity index (χ1) is 9.26. The molecule has 2 aromatic rings. The van der Waals surface area contributed by atoms with Gasteiger partial charge in [-0.25, -0.2) is 4.98 Å². The summed E-state index contributed by atoms with van der Waals surface area (Å²) >= 11 is 0. The van der Waals surface area contributed by atoms with Crippen LogP contribution in [-0.2, 0) is 6.54 Å². The smallest absolute Gasteiger partial charge is 0.191 e. The van der Waals surface area contributed by atoms with Crippen LogP contribution in [0, 0.1) is 6.92 Å². The molecule has 1 fully saturated rings. The van der Waals surface area contributed by atoms with Gasteiger partial charge in [0.05, 0.1) is 17.6 Å². The van der Waals surface area contributed by atoms with Crippen molar-refractivity contribution in [3.63, 3.8) is 0 Å². The van der Waals surface area contributed by atoms with Gasteiger partial charge in [-0.05, 0) is 31.4 Å². The van der Waals surface area contributed by atoms with Gasteiger partial charge in [-0.2, -0.15) is 0 Å². The highest BCUT2D eigenvalue weighted by atomic mass is 15.2. The second kappa shape index (κ2) is 4.91. The number of benzene rings is 1. The molecule has 0 spiro atoms. The van der Waals surface area contributed by atoms with Crippen LogP contribution in [-0.4, -0.2) is 29.0 Å². The van der Waals surface area contributed by atoms with Gasteiger partial charge < -0.3 is 15.6 Å². The summed E-state index contributed by atoms with van der Waals surface area (Å²) in [4.78, 5) is 12.1. The number of rotatable bonds is 3. The van der Waals surface area contributed by atoms with Gasteiger partial charge >= 0.3 is 0 Å². The Hall–Kier alpha value is -2.04. The fourth-order valence-corrected chi connectivity index (χ4v) is 2.09. The van der Waals surface area contributed by atoms with Crippen molar-refractivity contribution in [3.05, 3.63) is 29.6 Å². The molecule has 0 saturated heterocycles. The monoisotopic (exact) mass is 257 g/mol. The van der Waals surface area contributed by atoms with E-state index in [9.17, 15) is 0 Å². The van der Waals surface area contributed by atoms with E-state index in [4.69, 9.17) is 0 Å². The number of hydrogen-bond acceptors (Lipinski definition) is 2. The molecule has 0 aliphatic heterocycles. The van der Waals surface area contributed by atoms with E-state index in [1.807, 2.05) is 6.07 Å². The predicted molar refractivity (Wildman–Crippen MR) is 77.2 cm³/mol. The summed E-state index contributed by atoms with van der Waals surface area (Å²) in [5, 5.41) is 6.64. The van der Waals surface area contributed by atoms with Crippen molar-refractivity contribution in [2.75, 3.05) is 7.05 Å². The summed E-state index contributed by atoms with van der Waals surface area (Å²) in [6.07, 6.45) is 2.48. The molecule has 1 saturated carbocycles. The maximum absolute atomic E-state index is 4.61. The van der Waals surface area contributed by atoms with E-state index in [1.165, 1.54) is 18.4 Å². The van der Waals surface area contributed by atoms with Crippen LogP contribution in [0.4, 0.5) is 0 Å². The molecule has 19 heavy (non-hydrogen) atoms. The minimum Gasteiger partial charge on any atom is -0.354 e. The molecule has 1 aromatic heterocycles. The lowest BCUT2D eigenvalue weighted by molar-refractivity contribution is 0.781. The van der Waals surface area contributed by atoms with E-state index < -0.39 is 0 Å². The zero-order valence-corrected chi connectivity index (χ0v) is 11.3. The van der Waals surface area contributed by atoms with E-state index >= 15 is 0 Å². The van der Waals surface area contributed by atoms with Gasteiger partial charge in [0.25, 0.3) is 0 Å². The zero-order chi connectivity index (χ0) is 13.2. The molecule has 1 heterocycles. The predicted octanol–water partition coefficient (Wildman–Crippen LogP) is 1.70. The molecule has 5 nitrogen and oxygen atoms in total. The minimum atomic E-state index is 0.601. The van der Waals surface area contributed by atoms with Gasteiger partial charge in [-0.1, -0.05) is 12.1 Å². The zero-order valence-electron chi connectivity index (χ0n) is 11.3. The Kier molecular flexibility index (Phi) is 3.11. The van der Waals surface area contributed by atoms with Crippen LogP contribution in [0.25, 0.3) is 11.0 Å². The molecule has 3 N–H and O–H groups in total. The van der Waals surface area contributed by atoms with Crippen LogP contribution in [0.5, 0.6) is 0 Å². The Balaban J connectivity index is 1.69. The average Bonchev–Trinajstić information content (AvgIpc) is 3.12. The molecule has 3 rings (SSSR count). The Morgan fingerprint density at radius 1 is 1.47 bits per heavy atom. The number of fused-ring (bicyclic) bond motifs is 1. The van der Waals surface area contributed by atoms with E-state index in [0.717, 1.165) is 22.8 Å². The summed E-state index contributed by atoms with van der Waals surface area (Å²) in [7, 11) is 1.79. The van der Waals surface area contributed by atoms with Crippen molar-refractivity contribution in [1.82, 2.24) is 20.6 Å². The maximum Gasteiger partial charge on any atom is 0.191 e. The molecule has 0 radical (unpaired) electrons. The molecule has 1 aliphatic carbocycles. The standard InChI is InChI=1S/C14H19N5/c1-9-4-3-5-11-13(9)19-12(18-11)8-16-14(15-2)17-10-6-7-10/h3-5,10H,6-8H2,1-2H3,(H,18,19)(H2,15,16,17). The maximum atomic E-state index is 4.61. The summed E-state index contributed by atoms with van der Waals surface area (Å²) < 4.78 is 0. The molecular formula is C14H19N5. The number of nitrogens with one attached hydrogen (secondary N) is 3. The first-order valence-corrected chi connectivity index (χ1v) is 6.67. The fourth-order valence-electron chi connectivity index (χ4n) is 2.09. The number of imidazole rings is 1. The Morgan fingerprint density at radius 3 is 3.00 bits per heavy atom. The van der Waals surface area contributed by atoms with E-state index in [1.54, 1.807) is 7.05 Å². The van der Waals surface area contributed by atoms with Crippen LogP contribution in [0.2, 0.25) is 0 Å². The van der Waals surface area contributed by atoms with Crippen molar-refractivity contribution in [2.45, 2.75) is 32.4 Å². The van der Waals surface area contributed by atoms with Crippen molar-refractivity contribution < 1.29 is 0 Å². The van der Waals surface area contributed by atoms with Crippen LogP contribution in [0.1, 0.15) is 24.2 Å². The lowest BCUT2D eigenvalue weighted by Crippen LogP contribution is -2.38. The number of aliphatic imine (C=N–C) groups is 1. The highest BCUT2D eigenvalue weighted by Gasteiger charge is 2.22. The first kappa shape index (κ1) is 12.0. The van der Waals surface area contributed by atoms with E-state index in [-0.39, 0.29) is 0 Å². The molecule has 0 bridgehead atoms. The second-order valence-corrected chi connectivity index (χ2v) is 5.00. The number of aryl methyl sites for hydroxylation is 1.